The van der Waals surface area contributed by atoms with Crippen molar-refractivity contribution in [2.24, 2.45) is 7.05 Å². The average molecular weight is 342 g/mol. The Morgan fingerprint density at radius 1 is 1.29 bits per heavy atom. The fraction of sp³-hybridized carbons (Fsp3) is 0.250. The summed E-state index contributed by atoms with van der Waals surface area (Å²) in [5, 5.41) is 14.0. The lowest BCUT2D eigenvalue weighted by Gasteiger charge is -2.07. The van der Waals surface area contributed by atoms with Crippen molar-refractivity contribution in [3.8, 4) is 11.4 Å². The van der Waals surface area contributed by atoms with E-state index in [-0.39, 0.29) is 12.3 Å². The van der Waals surface area contributed by atoms with Gasteiger partial charge in [-0.2, -0.15) is 10.2 Å². The van der Waals surface area contributed by atoms with Gasteiger partial charge in [-0.25, -0.2) is 0 Å². The molecular formula is C16H18N6OS. The number of benzene rings is 1. The molecule has 3 rings (SSSR count). The van der Waals surface area contributed by atoms with Crippen LogP contribution in [-0.2, 0) is 18.4 Å². The number of aryl methyl sites for hydroxylation is 2. The van der Waals surface area contributed by atoms with E-state index in [1.54, 1.807) is 24.0 Å². The van der Waals surface area contributed by atoms with Crippen LogP contribution < -0.4 is 5.32 Å². The third kappa shape index (κ3) is 3.60. The van der Waals surface area contributed by atoms with Crippen LogP contribution in [-0.4, -0.2) is 30.5 Å². The minimum Gasteiger partial charge on any atom is -0.309 e. The molecule has 0 bridgehead atoms. The van der Waals surface area contributed by atoms with E-state index in [0.717, 1.165) is 11.4 Å². The zero-order chi connectivity index (χ0) is 17.1. The van der Waals surface area contributed by atoms with Gasteiger partial charge in [0, 0.05) is 37.8 Å². The quantitative estimate of drug-likeness (QED) is 0.699. The predicted molar refractivity (Wildman–Crippen MR) is 94.0 cm³/mol. The van der Waals surface area contributed by atoms with Crippen molar-refractivity contribution in [1.29, 1.82) is 0 Å². The van der Waals surface area contributed by atoms with Gasteiger partial charge in [-0.3, -0.25) is 19.1 Å². The van der Waals surface area contributed by atoms with Gasteiger partial charge in [0.05, 0.1) is 0 Å². The highest BCUT2D eigenvalue weighted by Crippen LogP contribution is 2.18. The Balaban J connectivity index is 1.71. The SMILES string of the molecule is Cc1ccc(-c2n[nH]c(=S)n2CCC(=O)Nc2ccn(C)n2)cc1. The molecule has 3 aromatic rings. The van der Waals surface area contributed by atoms with Crippen molar-refractivity contribution in [2.45, 2.75) is 19.9 Å². The van der Waals surface area contributed by atoms with Gasteiger partial charge < -0.3 is 5.32 Å². The Hall–Kier alpha value is -2.74. The van der Waals surface area contributed by atoms with Crippen molar-refractivity contribution < 1.29 is 4.79 Å². The molecule has 0 aliphatic rings. The minimum atomic E-state index is -0.119. The zero-order valence-corrected chi connectivity index (χ0v) is 14.3. The summed E-state index contributed by atoms with van der Waals surface area (Å²) in [5.41, 5.74) is 2.13. The molecule has 8 heteroatoms. The Morgan fingerprint density at radius 3 is 2.71 bits per heavy atom. The topological polar surface area (TPSA) is 80.5 Å². The van der Waals surface area contributed by atoms with E-state index in [1.807, 2.05) is 35.8 Å². The summed E-state index contributed by atoms with van der Waals surface area (Å²) in [6, 6.07) is 9.77. The van der Waals surface area contributed by atoms with Gasteiger partial charge in [0.25, 0.3) is 0 Å². The maximum atomic E-state index is 12.1. The fourth-order valence-corrected chi connectivity index (χ4v) is 2.57. The highest BCUT2D eigenvalue weighted by Gasteiger charge is 2.11. The highest BCUT2D eigenvalue weighted by molar-refractivity contribution is 7.71. The van der Waals surface area contributed by atoms with Gasteiger partial charge in [0.2, 0.25) is 5.91 Å². The molecule has 0 aliphatic heterocycles. The number of aromatic amines is 1. The van der Waals surface area contributed by atoms with Crippen molar-refractivity contribution in [3.63, 3.8) is 0 Å². The van der Waals surface area contributed by atoms with E-state index in [9.17, 15) is 4.79 Å². The lowest BCUT2D eigenvalue weighted by atomic mass is 10.1. The van der Waals surface area contributed by atoms with Crippen LogP contribution in [0.2, 0.25) is 0 Å². The second-order valence-electron chi connectivity index (χ2n) is 5.54. The molecule has 2 N–H and O–H groups in total. The first-order valence-corrected chi connectivity index (χ1v) is 7.95. The molecule has 2 aromatic heterocycles. The lowest BCUT2D eigenvalue weighted by Crippen LogP contribution is -2.15. The second-order valence-corrected chi connectivity index (χ2v) is 5.93. The van der Waals surface area contributed by atoms with E-state index in [1.165, 1.54) is 5.56 Å². The molecule has 1 aromatic carbocycles. The normalized spacial score (nSPS) is 10.8. The van der Waals surface area contributed by atoms with Gasteiger partial charge >= 0.3 is 0 Å². The summed E-state index contributed by atoms with van der Waals surface area (Å²) in [7, 11) is 1.80. The Morgan fingerprint density at radius 2 is 2.04 bits per heavy atom. The van der Waals surface area contributed by atoms with Gasteiger partial charge in [-0.15, -0.1) is 0 Å². The molecule has 0 spiro atoms. The standard InChI is InChI=1S/C16H18N6OS/c1-11-3-5-12(6-4-11)15-18-19-16(24)22(15)10-8-14(23)17-13-7-9-21(2)20-13/h3-7,9H,8,10H2,1-2H3,(H,19,24)(H,17,20,23). The zero-order valence-electron chi connectivity index (χ0n) is 13.5. The summed E-state index contributed by atoms with van der Waals surface area (Å²) in [4.78, 5) is 12.1. The van der Waals surface area contributed by atoms with Gasteiger partial charge in [0.15, 0.2) is 16.4 Å². The summed E-state index contributed by atoms with van der Waals surface area (Å²) >= 11 is 5.28. The maximum absolute atomic E-state index is 12.1. The van der Waals surface area contributed by atoms with Crippen molar-refractivity contribution in [3.05, 3.63) is 46.9 Å². The highest BCUT2D eigenvalue weighted by atomic mass is 32.1. The van der Waals surface area contributed by atoms with Gasteiger partial charge in [-0.1, -0.05) is 29.8 Å². The summed E-state index contributed by atoms with van der Waals surface area (Å²) in [6.07, 6.45) is 2.06. The number of carbonyl (C=O) groups excluding carboxylic acids is 1. The second kappa shape index (κ2) is 6.79. The molecule has 2 heterocycles. The van der Waals surface area contributed by atoms with E-state index in [0.29, 0.717) is 17.1 Å². The number of amides is 1. The van der Waals surface area contributed by atoms with E-state index in [2.05, 4.69) is 20.6 Å². The van der Waals surface area contributed by atoms with Crippen molar-refractivity contribution in [2.75, 3.05) is 5.32 Å². The minimum absolute atomic E-state index is 0.119. The monoisotopic (exact) mass is 342 g/mol. The molecule has 24 heavy (non-hydrogen) atoms. The first kappa shape index (κ1) is 16.1. The molecule has 0 aliphatic carbocycles. The van der Waals surface area contributed by atoms with Crippen LogP contribution in [0.15, 0.2) is 36.5 Å². The number of H-pyrrole nitrogens is 1. The largest absolute Gasteiger partial charge is 0.309 e. The number of rotatable bonds is 5. The molecule has 1 amide bonds. The Labute approximate surface area is 144 Å². The molecule has 0 unspecified atom stereocenters. The van der Waals surface area contributed by atoms with E-state index in [4.69, 9.17) is 12.2 Å². The average Bonchev–Trinajstić information content (AvgIpc) is 3.12. The Bertz CT molecular complexity index is 905. The molecule has 0 atom stereocenters. The predicted octanol–water partition coefficient (Wildman–Crippen LogP) is 2.68. The lowest BCUT2D eigenvalue weighted by molar-refractivity contribution is -0.116. The summed E-state index contributed by atoms with van der Waals surface area (Å²) in [5.74, 6) is 1.15. The smallest absolute Gasteiger partial charge is 0.227 e. The number of carbonyl (C=O) groups is 1. The van der Waals surface area contributed by atoms with Crippen LogP contribution in [0.1, 0.15) is 12.0 Å². The Kier molecular flexibility index (Phi) is 4.57. The molecule has 0 radical (unpaired) electrons. The first-order chi connectivity index (χ1) is 11.5. The van der Waals surface area contributed by atoms with Crippen molar-refractivity contribution >= 4 is 23.9 Å². The number of nitrogens with zero attached hydrogens (tertiary/aromatic N) is 4. The van der Waals surface area contributed by atoms with E-state index >= 15 is 0 Å². The fourth-order valence-electron chi connectivity index (χ4n) is 2.35. The molecule has 0 saturated carbocycles. The number of hydrogen-bond donors (Lipinski definition) is 2. The summed E-state index contributed by atoms with van der Waals surface area (Å²) in [6.45, 7) is 2.47. The van der Waals surface area contributed by atoms with Crippen LogP contribution >= 0.6 is 12.2 Å². The number of aromatic nitrogens is 5. The molecular weight excluding hydrogens is 324 g/mol. The molecule has 124 valence electrons. The number of hydrogen-bond acceptors (Lipinski definition) is 4. The third-order valence-electron chi connectivity index (χ3n) is 3.61. The van der Waals surface area contributed by atoms with Crippen LogP contribution in [0.3, 0.4) is 0 Å². The number of nitrogens with one attached hydrogen (secondary N) is 2. The van der Waals surface area contributed by atoms with Gasteiger partial charge in [-0.05, 0) is 19.1 Å². The number of anilines is 1. The maximum Gasteiger partial charge on any atom is 0.227 e. The van der Waals surface area contributed by atoms with E-state index < -0.39 is 0 Å². The molecule has 7 nitrogen and oxygen atoms in total. The van der Waals surface area contributed by atoms with Crippen LogP contribution in [0.4, 0.5) is 5.82 Å². The summed E-state index contributed by atoms with van der Waals surface area (Å²) < 4.78 is 3.96. The first-order valence-electron chi connectivity index (χ1n) is 7.54. The molecule has 0 saturated heterocycles. The van der Waals surface area contributed by atoms with Crippen LogP contribution in [0, 0.1) is 11.7 Å². The molecule has 0 fully saturated rings. The van der Waals surface area contributed by atoms with Crippen LogP contribution in [0.5, 0.6) is 0 Å². The third-order valence-corrected chi connectivity index (χ3v) is 3.92. The van der Waals surface area contributed by atoms with Crippen molar-refractivity contribution in [1.82, 2.24) is 24.5 Å². The van der Waals surface area contributed by atoms with Gasteiger partial charge in [0.1, 0.15) is 0 Å². The van der Waals surface area contributed by atoms with Crippen LogP contribution in [0.25, 0.3) is 11.4 Å².